The largest absolute Gasteiger partial charge is 0.469 e. The van der Waals surface area contributed by atoms with Gasteiger partial charge in [0.1, 0.15) is 11.4 Å². The van der Waals surface area contributed by atoms with Gasteiger partial charge in [-0.25, -0.2) is 13.8 Å². The van der Waals surface area contributed by atoms with E-state index in [9.17, 15) is 26.7 Å². The summed E-state index contributed by atoms with van der Waals surface area (Å²) in [7, 11) is 1.05. The van der Waals surface area contributed by atoms with Crippen LogP contribution in [0.2, 0.25) is 0 Å². The summed E-state index contributed by atoms with van der Waals surface area (Å²) in [6.07, 6.45) is -8.98. The number of anilines is 1. The number of hydrogen-bond donors (Lipinski definition) is 1. The molecule has 1 aromatic heterocycles. The third kappa shape index (κ3) is 3.52. The molecule has 19 heavy (non-hydrogen) atoms. The fourth-order valence-corrected chi connectivity index (χ4v) is 1.43. The highest BCUT2D eigenvalue weighted by Crippen LogP contribution is 2.39. The lowest BCUT2D eigenvalue weighted by molar-refractivity contribution is -0.139. The number of pyridine rings is 1. The number of carbonyl (C=O) groups is 1. The zero-order chi connectivity index (χ0) is 14.8. The molecular formula is C10H9F5N2O2. The minimum atomic E-state index is -5.05. The quantitative estimate of drug-likeness (QED) is 0.683. The van der Waals surface area contributed by atoms with E-state index in [1.54, 1.807) is 0 Å². The van der Waals surface area contributed by atoms with Crippen LogP contribution in [0.25, 0.3) is 0 Å². The Morgan fingerprint density at radius 1 is 1.47 bits per heavy atom. The van der Waals surface area contributed by atoms with Crippen molar-refractivity contribution in [1.29, 1.82) is 0 Å². The minimum Gasteiger partial charge on any atom is -0.469 e. The average molecular weight is 284 g/mol. The molecule has 1 rings (SSSR count). The first kappa shape index (κ1) is 15.1. The van der Waals surface area contributed by atoms with Gasteiger partial charge >= 0.3 is 12.1 Å². The molecule has 0 radical (unpaired) electrons. The Kier molecular flexibility index (Phi) is 4.28. The molecule has 0 bridgehead atoms. The fraction of sp³-hybridized carbons (Fsp3) is 0.400. The molecule has 4 nitrogen and oxygen atoms in total. The van der Waals surface area contributed by atoms with Gasteiger partial charge in [0.15, 0.2) is 0 Å². The van der Waals surface area contributed by atoms with Gasteiger partial charge in [0, 0.05) is 5.56 Å². The first-order valence-electron chi connectivity index (χ1n) is 4.88. The second-order valence-electron chi connectivity index (χ2n) is 3.51. The van der Waals surface area contributed by atoms with Crippen LogP contribution in [0.4, 0.5) is 27.8 Å². The molecule has 1 aromatic rings. The van der Waals surface area contributed by atoms with Crippen LogP contribution < -0.4 is 5.73 Å². The lowest BCUT2D eigenvalue weighted by Gasteiger charge is -2.15. The van der Waals surface area contributed by atoms with Crippen molar-refractivity contribution in [2.75, 3.05) is 12.8 Å². The molecule has 1 heterocycles. The zero-order valence-corrected chi connectivity index (χ0v) is 9.59. The van der Waals surface area contributed by atoms with Crippen molar-refractivity contribution in [1.82, 2.24) is 4.98 Å². The first-order valence-corrected chi connectivity index (χ1v) is 4.88. The molecule has 0 saturated carbocycles. The van der Waals surface area contributed by atoms with Gasteiger partial charge in [0.2, 0.25) is 0 Å². The maximum absolute atomic E-state index is 12.6. The minimum absolute atomic E-state index is 0.312. The molecule has 0 unspecified atom stereocenters. The van der Waals surface area contributed by atoms with E-state index in [-0.39, 0.29) is 5.69 Å². The summed E-state index contributed by atoms with van der Waals surface area (Å²) in [5.74, 6) is -1.92. The number of hydrogen-bond acceptors (Lipinski definition) is 4. The van der Waals surface area contributed by atoms with Gasteiger partial charge in [-0.2, -0.15) is 13.2 Å². The second-order valence-corrected chi connectivity index (χ2v) is 3.51. The summed E-state index contributed by atoms with van der Waals surface area (Å²) in [5, 5.41) is 0. The molecular weight excluding hydrogens is 275 g/mol. The maximum Gasteiger partial charge on any atom is 0.420 e. The maximum atomic E-state index is 12.6. The van der Waals surface area contributed by atoms with Crippen LogP contribution in [0.3, 0.4) is 0 Å². The van der Waals surface area contributed by atoms with Crippen LogP contribution in [-0.2, 0) is 22.1 Å². The second kappa shape index (κ2) is 5.37. The lowest BCUT2D eigenvalue weighted by atomic mass is 10.1. The van der Waals surface area contributed by atoms with Gasteiger partial charge in [-0.1, -0.05) is 0 Å². The molecule has 0 amide bonds. The Balaban J connectivity index is 3.34. The molecule has 0 aliphatic carbocycles. The van der Waals surface area contributed by atoms with E-state index in [1.807, 2.05) is 0 Å². The number of nitrogens with zero attached hydrogens (tertiary/aromatic N) is 1. The Labute approximate surface area is 104 Å². The number of nitrogens with two attached hydrogens (primary N) is 1. The van der Waals surface area contributed by atoms with E-state index >= 15 is 0 Å². The number of ether oxygens (including phenoxy) is 1. The van der Waals surface area contributed by atoms with Gasteiger partial charge in [0.05, 0.1) is 19.2 Å². The highest BCUT2D eigenvalue weighted by atomic mass is 19.4. The fourth-order valence-electron chi connectivity index (χ4n) is 1.43. The Morgan fingerprint density at radius 3 is 2.47 bits per heavy atom. The van der Waals surface area contributed by atoms with Crippen LogP contribution in [0.15, 0.2) is 6.07 Å². The van der Waals surface area contributed by atoms with Gasteiger partial charge < -0.3 is 10.5 Å². The molecule has 0 fully saturated rings. The Hall–Kier alpha value is -1.93. The predicted octanol–water partition coefficient (Wildman–Crippen LogP) is 2.34. The van der Waals surface area contributed by atoms with Crippen LogP contribution in [0.1, 0.15) is 23.2 Å². The standard InChI is InChI=1S/C10H9F5N2O2/c1-19-6(18)3-4-2-5(8(11)12)7(9(16)17-4)10(13,14)15/h2,8H,3H2,1H3,(H2,16,17). The van der Waals surface area contributed by atoms with Gasteiger partial charge in [-0.3, -0.25) is 4.79 Å². The number of halogens is 5. The van der Waals surface area contributed by atoms with Crippen LogP contribution in [0, 0.1) is 0 Å². The van der Waals surface area contributed by atoms with Crippen molar-refractivity contribution in [2.24, 2.45) is 0 Å². The van der Waals surface area contributed by atoms with Crippen molar-refractivity contribution >= 4 is 11.8 Å². The zero-order valence-electron chi connectivity index (χ0n) is 9.59. The number of methoxy groups -OCH3 is 1. The predicted molar refractivity (Wildman–Crippen MR) is 54.3 cm³/mol. The SMILES string of the molecule is COC(=O)Cc1cc(C(F)F)c(C(F)(F)F)c(N)n1. The number of carbonyl (C=O) groups excluding carboxylic acids is 1. The van der Waals surface area contributed by atoms with E-state index in [1.165, 1.54) is 0 Å². The van der Waals surface area contributed by atoms with E-state index < -0.39 is 41.9 Å². The van der Waals surface area contributed by atoms with Crippen molar-refractivity contribution in [2.45, 2.75) is 19.0 Å². The number of nitrogen functional groups attached to an aromatic ring is 1. The number of esters is 1. The third-order valence-electron chi connectivity index (χ3n) is 2.20. The summed E-state index contributed by atoms with van der Waals surface area (Å²) in [6, 6.07) is 0.501. The molecule has 0 aliphatic heterocycles. The van der Waals surface area contributed by atoms with Gasteiger partial charge in [-0.15, -0.1) is 0 Å². The molecule has 0 aliphatic rings. The van der Waals surface area contributed by atoms with Crippen LogP contribution >= 0.6 is 0 Å². The van der Waals surface area contributed by atoms with E-state index in [4.69, 9.17) is 5.73 Å². The Morgan fingerprint density at radius 2 is 2.05 bits per heavy atom. The van der Waals surface area contributed by atoms with E-state index in [0.717, 1.165) is 7.11 Å². The van der Waals surface area contributed by atoms with E-state index in [2.05, 4.69) is 9.72 Å². The molecule has 106 valence electrons. The molecule has 9 heteroatoms. The van der Waals surface area contributed by atoms with Crippen molar-refractivity contribution in [3.05, 3.63) is 22.9 Å². The monoisotopic (exact) mass is 284 g/mol. The summed E-state index contributed by atoms with van der Waals surface area (Å²) >= 11 is 0. The smallest absolute Gasteiger partial charge is 0.420 e. The summed E-state index contributed by atoms with van der Waals surface area (Å²) < 4.78 is 67.3. The number of alkyl halides is 5. The van der Waals surface area contributed by atoms with Crippen molar-refractivity contribution < 1.29 is 31.5 Å². The summed E-state index contributed by atoms with van der Waals surface area (Å²) in [4.78, 5) is 14.2. The lowest BCUT2D eigenvalue weighted by Crippen LogP contribution is -2.17. The summed E-state index contributed by atoms with van der Waals surface area (Å²) in [6.45, 7) is 0. The summed E-state index contributed by atoms with van der Waals surface area (Å²) in [5.41, 5.74) is 1.74. The normalized spacial score (nSPS) is 11.7. The van der Waals surface area contributed by atoms with Crippen LogP contribution in [-0.4, -0.2) is 18.1 Å². The first-order chi connectivity index (χ1) is 8.66. The van der Waals surface area contributed by atoms with Crippen molar-refractivity contribution in [3.63, 3.8) is 0 Å². The van der Waals surface area contributed by atoms with E-state index in [0.29, 0.717) is 6.07 Å². The highest BCUT2D eigenvalue weighted by Gasteiger charge is 2.39. The highest BCUT2D eigenvalue weighted by molar-refractivity contribution is 5.72. The molecule has 0 spiro atoms. The molecule has 2 N–H and O–H groups in total. The van der Waals surface area contributed by atoms with Crippen LogP contribution in [0.5, 0.6) is 0 Å². The number of rotatable bonds is 3. The topological polar surface area (TPSA) is 65.2 Å². The van der Waals surface area contributed by atoms with Crippen molar-refractivity contribution in [3.8, 4) is 0 Å². The molecule has 0 aromatic carbocycles. The molecule has 0 atom stereocenters. The Bertz CT molecular complexity index is 488. The average Bonchev–Trinajstić information content (AvgIpc) is 2.25. The third-order valence-corrected chi connectivity index (χ3v) is 2.20. The van der Waals surface area contributed by atoms with Gasteiger partial charge in [-0.05, 0) is 6.07 Å². The van der Waals surface area contributed by atoms with Gasteiger partial charge in [0.25, 0.3) is 6.43 Å². The number of aromatic nitrogens is 1. The molecule has 0 saturated heterocycles.